The number of carbonyl (C=O) groups is 4. The van der Waals surface area contributed by atoms with Gasteiger partial charge in [-0.25, -0.2) is 9.59 Å². The minimum absolute atomic E-state index is 0.441. The number of amides is 4. The van der Waals surface area contributed by atoms with Crippen LogP contribution in [0.5, 0.6) is 0 Å². The molecule has 10 nitrogen and oxygen atoms in total. The van der Waals surface area contributed by atoms with Crippen LogP contribution in [0.3, 0.4) is 0 Å². The highest BCUT2D eigenvalue weighted by Crippen LogP contribution is 2.27. The Labute approximate surface area is 255 Å². The fourth-order valence-electron chi connectivity index (χ4n) is 5.40. The Kier molecular flexibility index (Phi) is 16.0. The standard InChI is InChI=1S/C33H48N4O6/c1-25(29(38)35-31(40)41)34-22-16-8-6-4-3-5-7-15-21-33(23-27-17-11-9-12-18-27,24-28-19-13-10-14-20-28)37-26(2)30(39)36-32(42)43/h9-14,17-20,25-26,34,37H,3-8,15-16,21-24H2,1-2H3,(H,35,38)(H,36,39)(H,40,41)(H,42,43)/t25-,26-/m0/s1. The molecule has 6 N–H and O–H groups in total. The lowest BCUT2D eigenvalue weighted by Gasteiger charge is -2.38. The molecule has 236 valence electrons. The number of rotatable bonds is 20. The van der Waals surface area contributed by atoms with E-state index < -0.39 is 41.6 Å². The summed E-state index contributed by atoms with van der Waals surface area (Å²) < 4.78 is 0. The number of imide groups is 2. The Morgan fingerprint density at radius 2 is 1.05 bits per heavy atom. The lowest BCUT2D eigenvalue weighted by atomic mass is 9.79. The molecule has 43 heavy (non-hydrogen) atoms. The number of unbranched alkanes of at least 4 members (excludes halogenated alkanes) is 7. The second-order valence-electron chi connectivity index (χ2n) is 11.3. The van der Waals surface area contributed by atoms with Gasteiger partial charge >= 0.3 is 12.2 Å². The number of nitrogens with one attached hydrogen (secondary N) is 4. The molecule has 4 amide bonds. The molecule has 2 atom stereocenters. The number of benzene rings is 2. The SMILES string of the molecule is C[C@H](NCCCCCCCCCCC(Cc1ccccc1)(Cc1ccccc1)N[C@@H](C)C(=O)NC(=O)O)C(=O)NC(=O)O. The van der Waals surface area contributed by atoms with Crippen molar-refractivity contribution in [2.45, 2.75) is 102 Å². The predicted molar refractivity (Wildman–Crippen MR) is 167 cm³/mol. The molecule has 2 rings (SSSR count). The van der Waals surface area contributed by atoms with Gasteiger partial charge in [0.25, 0.3) is 0 Å². The second-order valence-corrected chi connectivity index (χ2v) is 11.3. The molecule has 0 unspecified atom stereocenters. The summed E-state index contributed by atoms with van der Waals surface area (Å²) in [5.74, 6) is -1.11. The van der Waals surface area contributed by atoms with Gasteiger partial charge in [-0.2, -0.15) is 0 Å². The smallest absolute Gasteiger partial charge is 0.411 e. The number of hydrogen-bond acceptors (Lipinski definition) is 6. The molecule has 2 aromatic rings. The molecule has 0 aliphatic carbocycles. The maximum atomic E-state index is 12.6. The lowest BCUT2D eigenvalue weighted by molar-refractivity contribution is -0.123. The fourth-order valence-corrected chi connectivity index (χ4v) is 5.40. The van der Waals surface area contributed by atoms with Gasteiger partial charge in [0.1, 0.15) is 0 Å². The van der Waals surface area contributed by atoms with Crippen LogP contribution in [0.2, 0.25) is 0 Å². The molecule has 0 saturated heterocycles. The van der Waals surface area contributed by atoms with E-state index in [9.17, 15) is 19.2 Å². The Morgan fingerprint density at radius 1 is 0.628 bits per heavy atom. The molecule has 0 aliphatic rings. The zero-order chi connectivity index (χ0) is 31.5. The molecular weight excluding hydrogens is 548 g/mol. The van der Waals surface area contributed by atoms with Crippen molar-refractivity contribution in [3.05, 3.63) is 71.8 Å². The van der Waals surface area contributed by atoms with Crippen molar-refractivity contribution in [1.82, 2.24) is 21.3 Å². The third-order valence-corrected chi connectivity index (χ3v) is 7.57. The molecule has 2 aromatic carbocycles. The van der Waals surface area contributed by atoms with E-state index in [0.717, 1.165) is 68.9 Å². The van der Waals surface area contributed by atoms with Crippen LogP contribution >= 0.6 is 0 Å². The van der Waals surface area contributed by atoms with Crippen LogP contribution < -0.4 is 21.3 Å². The Hall–Kier alpha value is -3.76. The largest absolute Gasteiger partial charge is 0.465 e. The van der Waals surface area contributed by atoms with Crippen LogP contribution in [-0.2, 0) is 22.4 Å². The van der Waals surface area contributed by atoms with E-state index in [4.69, 9.17) is 10.2 Å². The first-order chi connectivity index (χ1) is 20.6. The average Bonchev–Trinajstić information content (AvgIpc) is 2.96. The first-order valence-electron chi connectivity index (χ1n) is 15.3. The van der Waals surface area contributed by atoms with Gasteiger partial charge in [0.2, 0.25) is 11.8 Å². The van der Waals surface area contributed by atoms with Crippen molar-refractivity contribution in [3.63, 3.8) is 0 Å². The Balaban J connectivity index is 1.88. The van der Waals surface area contributed by atoms with Gasteiger partial charge in [0.05, 0.1) is 12.1 Å². The minimum Gasteiger partial charge on any atom is -0.465 e. The van der Waals surface area contributed by atoms with Crippen molar-refractivity contribution in [2.24, 2.45) is 0 Å². The molecule has 0 saturated carbocycles. The van der Waals surface area contributed by atoms with Crippen molar-refractivity contribution >= 4 is 24.0 Å². The summed E-state index contributed by atoms with van der Waals surface area (Å²) in [5.41, 5.74) is 1.87. The molecule has 0 aromatic heterocycles. The Morgan fingerprint density at radius 3 is 1.51 bits per heavy atom. The molecule has 0 heterocycles. The summed E-state index contributed by atoms with van der Waals surface area (Å²) in [7, 11) is 0. The first-order valence-corrected chi connectivity index (χ1v) is 15.3. The third-order valence-electron chi connectivity index (χ3n) is 7.57. The number of hydrogen-bond donors (Lipinski definition) is 6. The zero-order valence-electron chi connectivity index (χ0n) is 25.4. The van der Waals surface area contributed by atoms with Gasteiger partial charge in [-0.3, -0.25) is 25.5 Å². The van der Waals surface area contributed by atoms with E-state index in [0.29, 0.717) is 19.4 Å². The second kappa shape index (κ2) is 19.4. The molecule has 0 aliphatic heterocycles. The van der Waals surface area contributed by atoms with E-state index in [1.165, 1.54) is 0 Å². The third kappa shape index (κ3) is 14.8. The highest BCUT2D eigenvalue weighted by atomic mass is 16.4. The van der Waals surface area contributed by atoms with Gasteiger partial charge in [-0.15, -0.1) is 0 Å². The maximum Gasteiger partial charge on any atom is 0.411 e. The van der Waals surface area contributed by atoms with Crippen molar-refractivity contribution in [1.29, 1.82) is 0 Å². The lowest BCUT2D eigenvalue weighted by Crippen LogP contribution is -2.57. The fraction of sp³-hybridized carbons (Fsp3) is 0.515. The number of carboxylic acid groups (broad SMARTS) is 2. The normalized spacial score (nSPS) is 12.7. The minimum atomic E-state index is -1.36. The molecular formula is C33H48N4O6. The monoisotopic (exact) mass is 596 g/mol. The summed E-state index contributed by atoms with van der Waals surface area (Å²) in [4.78, 5) is 45.9. The summed E-state index contributed by atoms with van der Waals surface area (Å²) >= 11 is 0. The summed E-state index contributed by atoms with van der Waals surface area (Å²) in [6, 6.07) is 19.1. The highest BCUT2D eigenvalue weighted by molar-refractivity contribution is 5.94. The van der Waals surface area contributed by atoms with Crippen molar-refractivity contribution in [3.8, 4) is 0 Å². The van der Waals surface area contributed by atoms with E-state index in [1.54, 1.807) is 13.8 Å². The molecule has 0 fully saturated rings. The van der Waals surface area contributed by atoms with Crippen LogP contribution in [0.15, 0.2) is 60.7 Å². The molecule has 0 radical (unpaired) electrons. The molecule has 10 heteroatoms. The van der Waals surface area contributed by atoms with E-state index in [2.05, 4.69) is 34.9 Å². The topological polar surface area (TPSA) is 157 Å². The number of carbonyl (C=O) groups excluding carboxylic acids is 2. The zero-order valence-corrected chi connectivity index (χ0v) is 25.4. The van der Waals surface area contributed by atoms with Crippen LogP contribution in [-0.4, -0.2) is 58.4 Å². The van der Waals surface area contributed by atoms with Crippen LogP contribution in [0.1, 0.15) is 82.8 Å². The van der Waals surface area contributed by atoms with Gasteiger partial charge in [-0.1, -0.05) is 106 Å². The summed E-state index contributed by atoms with van der Waals surface area (Å²) in [5, 5.41) is 28.1. The summed E-state index contributed by atoms with van der Waals surface area (Å²) in [6.45, 7) is 4.02. The van der Waals surface area contributed by atoms with E-state index in [-0.39, 0.29) is 0 Å². The molecule has 0 spiro atoms. The van der Waals surface area contributed by atoms with Gasteiger partial charge in [0, 0.05) is 5.54 Å². The quantitative estimate of drug-likeness (QED) is 0.113. The van der Waals surface area contributed by atoms with Crippen LogP contribution in [0.4, 0.5) is 9.59 Å². The Bertz CT molecular complexity index is 1090. The van der Waals surface area contributed by atoms with Crippen LogP contribution in [0, 0.1) is 0 Å². The van der Waals surface area contributed by atoms with Crippen molar-refractivity contribution in [2.75, 3.05) is 6.54 Å². The summed E-state index contributed by atoms with van der Waals surface area (Å²) in [6.07, 6.45) is 7.99. The van der Waals surface area contributed by atoms with Gasteiger partial charge < -0.3 is 15.5 Å². The average molecular weight is 597 g/mol. The van der Waals surface area contributed by atoms with Gasteiger partial charge in [0.15, 0.2) is 0 Å². The van der Waals surface area contributed by atoms with Gasteiger partial charge in [-0.05, 0) is 57.2 Å². The first kappa shape index (κ1) is 35.4. The maximum absolute atomic E-state index is 12.6. The molecule has 0 bridgehead atoms. The predicted octanol–water partition coefficient (Wildman–Crippen LogP) is 5.27. The highest BCUT2D eigenvalue weighted by Gasteiger charge is 2.33. The van der Waals surface area contributed by atoms with E-state index >= 15 is 0 Å². The van der Waals surface area contributed by atoms with Crippen LogP contribution in [0.25, 0.3) is 0 Å². The van der Waals surface area contributed by atoms with Crippen molar-refractivity contribution < 1.29 is 29.4 Å². The van der Waals surface area contributed by atoms with E-state index in [1.807, 2.05) is 47.0 Å².